The van der Waals surface area contributed by atoms with Crippen LogP contribution in [0.25, 0.3) is 0 Å². The van der Waals surface area contributed by atoms with Crippen LogP contribution in [0.4, 0.5) is 13.2 Å². The number of hydrogen-bond donors (Lipinski definition) is 0. The Morgan fingerprint density at radius 1 is 1.29 bits per heavy atom. The lowest BCUT2D eigenvalue weighted by atomic mass is 10.0. The van der Waals surface area contributed by atoms with Crippen molar-refractivity contribution in [2.75, 3.05) is 6.54 Å². The zero-order chi connectivity index (χ0) is 17.5. The fourth-order valence-corrected chi connectivity index (χ4v) is 3.22. The highest BCUT2D eigenvalue weighted by Crippen LogP contribution is 2.34. The number of amides is 1. The lowest BCUT2D eigenvalue weighted by Gasteiger charge is -2.24. The summed E-state index contributed by atoms with van der Waals surface area (Å²) in [7, 11) is 1.20. The van der Waals surface area contributed by atoms with Gasteiger partial charge in [-0.15, -0.1) is 0 Å². The monoisotopic (exact) mass is 337 g/mol. The first kappa shape index (κ1) is 16.5. The van der Waals surface area contributed by atoms with Gasteiger partial charge in [0.1, 0.15) is 5.69 Å². The Labute approximate surface area is 137 Å². The summed E-state index contributed by atoms with van der Waals surface area (Å²) < 4.78 is 39.4. The predicted octanol–water partition coefficient (Wildman–Crippen LogP) is 3.72. The Morgan fingerprint density at radius 3 is 2.67 bits per heavy atom. The van der Waals surface area contributed by atoms with Gasteiger partial charge in [-0.1, -0.05) is 29.8 Å². The molecule has 0 spiro atoms. The Morgan fingerprint density at radius 2 is 2.04 bits per heavy atom. The van der Waals surface area contributed by atoms with Crippen molar-refractivity contribution in [2.24, 2.45) is 7.05 Å². The molecule has 1 aromatic carbocycles. The largest absolute Gasteiger partial charge is 0.433 e. The summed E-state index contributed by atoms with van der Waals surface area (Å²) in [5.41, 5.74) is 1.01. The molecule has 1 saturated heterocycles. The quantitative estimate of drug-likeness (QED) is 0.838. The number of aryl methyl sites for hydroxylation is 2. The van der Waals surface area contributed by atoms with Crippen molar-refractivity contribution in [3.05, 3.63) is 52.8 Å². The number of halogens is 3. The van der Waals surface area contributed by atoms with Gasteiger partial charge >= 0.3 is 6.18 Å². The molecule has 0 bridgehead atoms. The lowest BCUT2D eigenvalue weighted by Crippen LogP contribution is -2.31. The van der Waals surface area contributed by atoms with Gasteiger partial charge in [0, 0.05) is 19.7 Å². The smallest absolute Gasteiger partial charge is 0.330 e. The summed E-state index contributed by atoms with van der Waals surface area (Å²) in [6, 6.07) is 8.56. The molecule has 4 nitrogen and oxygen atoms in total. The number of hydrogen-bond acceptors (Lipinski definition) is 2. The van der Waals surface area contributed by atoms with Gasteiger partial charge in [0.25, 0.3) is 5.91 Å². The Kier molecular flexibility index (Phi) is 4.11. The molecule has 1 atom stereocenters. The average Bonchev–Trinajstić information content (AvgIpc) is 3.12. The maximum atomic E-state index is 12.9. The van der Waals surface area contributed by atoms with Crippen molar-refractivity contribution in [3.63, 3.8) is 0 Å². The average molecular weight is 337 g/mol. The SMILES string of the molecule is Cc1cccc(C2CCCN2C(=O)c2cc(C(F)(F)F)n(C)n2)c1. The summed E-state index contributed by atoms with van der Waals surface area (Å²) in [5.74, 6) is -0.454. The minimum absolute atomic E-state index is 0.117. The molecule has 3 rings (SSSR count). The summed E-state index contributed by atoms with van der Waals surface area (Å²) in [5, 5.41) is 3.77. The molecule has 128 valence electrons. The second kappa shape index (κ2) is 5.96. The molecular weight excluding hydrogens is 319 g/mol. The maximum Gasteiger partial charge on any atom is 0.433 e. The second-order valence-electron chi connectivity index (χ2n) is 6.11. The van der Waals surface area contributed by atoms with Gasteiger partial charge in [0.15, 0.2) is 5.69 Å². The molecule has 0 saturated carbocycles. The first-order valence-electron chi connectivity index (χ1n) is 7.76. The van der Waals surface area contributed by atoms with E-state index in [0.29, 0.717) is 11.2 Å². The molecule has 0 radical (unpaired) electrons. The first-order chi connectivity index (χ1) is 11.3. The molecule has 0 aliphatic carbocycles. The third-order valence-electron chi connectivity index (χ3n) is 4.33. The van der Waals surface area contributed by atoms with E-state index in [0.717, 1.165) is 30.0 Å². The Hall–Kier alpha value is -2.31. The molecule has 1 unspecified atom stereocenters. The van der Waals surface area contributed by atoms with Gasteiger partial charge < -0.3 is 4.90 Å². The zero-order valence-electron chi connectivity index (χ0n) is 13.5. The van der Waals surface area contributed by atoms with Crippen LogP contribution < -0.4 is 0 Å². The molecule has 0 N–H and O–H groups in total. The van der Waals surface area contributed by atoms with Crippen LogP contribution in [0.5, 0.6) is 0 Å². The molecule has 2 heterocycles. The van der Waals surface area contributed by atoms with E-state index in [2.05, 4.69) is 5.10 Å². The fraction of sp³-hybridized carbons (Fsp3) is 0.412. The van der Waals surface area contributed by atoms with E-state index in [9.17, 15) is 18.0 Å². The van der Waals surface area contributed by atoms with Crippen LogP contribution in [0.3, 0.4) is 0 Å². The van der Waals surface area contributed by atoms with Crippen molar-refractivity contribution in [1.29, 1.82) is 0 Å². The molecular formula is C17H18F3N3O. The molecule has 7 heteroatoms. The van der Waals surface area contributed by atoms with Crippen LogP contribution in [-0.2, 0) is 13.2 Å². The maximum absolute atomic E-state index is 12.9. The number of nitrogens with zero attached hydrogens (tertiary/aromatic N) is 3. The third-order valence-corrected chi connectivity index (χ3v) is 4.33. The van der Waals surface area contributed by atoms with Crippen LogP contribution in [0.2, 0.25) is 0 Å². The van der Waals surface area contributed by atoms with Gasteiger partial charge in [-0.2, -0.15) is 18.3 Å². The number of alkyl halides is 3. The third kappa shape index (κ3) is 3.02. The normalized spacial score (nSPS) is 18.2. The Balaban J connectivity index is 1.89. The van der Waals surface area contributed by atoms with Gasteiger partial charge in [0.05, 0.1) is 6.04 Å². The van der Waals surface area contributed by atoms with E-state index in [-0.39, 0.29) is 11.7 Å². The molecule has 1 aliphatic rings. The minimum atomic E-state index is -4.53. The lowest BCUT2D eigenvalue weighted by molar-refractivity contribution is -0.143. The summed E-state index contributed by atoms with van der Waals surface area (Å²) in [6.07, 6.45) is -2.90. The van der Waals surface area contributed by atoms with E-state index >= 15 is 0 Å². The predicted molar refractivity (Wildman–Crippen MR) is 82.4 cm³/mol. The highest BCUT2D eigenvalue weighted by Gasteiger charge is 2.38. The second-order valence-corrected chi connectivity index (χ2v) is 6.11. The number of benzene rings is 1. The summed E-state index contributed by atoms with van der Waals surface area (Å²) in [6.45, 7) is 2.49. The minimum Gasteiger partial charge on any atom is -0.330 e. The number of carbonyl (C=O) groups is 1. The number of carbonyl (C=O) groups excluding carboxylic acids is 1. The van der Waals surface area contributed by atoms with Gasteiger partial charge in [-0.05, 0) is 25.3 Å². The molecule has 1 amide bonds. The van der Waals surface area contributed by atoms with Crippen LogP contribution in [0.15, 0.2) is 30.3 Å². The van der Waals surface area contributed by atoms with Crippen molar-refractivity contribution >= 4 is 5.91 Å². The van der Waals surface area contributed by atoms with E-state index in [4.69, 9.17) is 0 Å². The zero-order valence-corrected chi connectivity index (χ0v) is 13.5. The molecule has 2 aromatic rings. The molecule has 1 aromatic heterocycles. The highest BCUT2D eigenvalue weighted by atomic mass is 19.4. The standard InChI is InChI=1S/C17H18F3N3O/c1-11-5-3-6-12(9-11)14-7-4-8-23(14)16(24)13-10-15(17(18,19)20)22(2)21-13/h3,5-6,9-10,14H,4,7-8H2,1-2H3. The molecule has 1 fully saturated rings. The van der Waals surface area contributed by atoms with Gasteiger partial charge in [-0.3, -0.25) is 9.48 Å². The fourth-order valence-electron chi connectivity index (χ4n) is 3.22. The van der Waals surface area contributed by atoms with Crippen LogP contribution in [0, 0.1) is 6.92 Å². The number of aromatic nitrogens is 2. The van der Waals surface area contributed by atoms with Crippen molar-refractivity contribution in [2.45, 2.75) is 32.0 Å². The summed E-state index contributed by atoms with van der Waals surface area (Å²) >= 11 is 0. The van der Waals surface area contributed by atoms with E-state index in [1.807, 2.05) is 31.2 Å². The summed E-state index contributed by atoms with van der Waals surface area (Å²) in [4.78, 5) is 14.3. The number of likely N-dealkylation sites (tertiary alicyclic amines) is 1. The van der Waals surface area contributed by atoms with Gasteiger partial charge in [0.2, 0.25) is 0 Å². The van der Waals surface area contributed by atoms with Crippen molar-refractivity contribution in [1.82, 2.24) is 14.7 Å². The van der Waals surface area contributed by atoms with E-state index in [1.165, 1.54) is 7.05 Å². The van der Waals surface area contributed by atoms with Crippen LogP contribution in [0.1, 0.15) is 46.2 Å². The van der Waals surface area contributed by atoms with Crippen molar-refractivity contribution < 1.29 is 18.0 Å². The van der Waals surface area contributed by atoms with Crippen LogP contribution >= 0.6 is 0 Å². The number of rotatable bonds is 2. The van der Waals surface area contributed by atoms with Crippen LogP contribution in [-0.4, -0.2) is 27.1 Å². The van der Waals surface area contributed by atoms with E-state index in [1.54, 1.807) is 4.90 Å². The highest BCUT2D eigenvalue weighted by molar-refractivity contribution is 5.93. The first-order valence-corrected chi connectivity index (χ1v) is 7.76. The molecule has 24 heavy (non-hydrogen) atoms. The molecule has 1 aliphatic heterocycles. The van der Waals surface area contributed by atoms with Crippen molar-refractivity contribution in [3.8, 4) is 0 Å². The van der Waals surface area contributed by atoms with E-state index < -0.39 is 17.8 Å². The Bertz CT molecular complexity index is 767. The topological polar surface area (TPSA) is 38.1 Å². The van der Waals surface area contributed by atoms with Gasteiger partial charge in [-0.25, -0.2) is 0 Å².